The van der Waals surface area contributed by atoms with Gasteiger partial charge in [0.1, 0.15) is 22.8 Å². The second-order valence-electron chi connectivity index (χ2n) is 7.43. The Morgan fingerprint density at radius 1 is 1.20 bits per heavy atom. The number of fused-ring (bicyclic) bond motifs is 1. The lowest BCUT2D eigenvalue weighted by atomic mass is 9.98. The number of hydrogen-bond donors (Lipinski definition) is 0. The van der Waals surface area contributed by atoms with E-state index in [1.165, 1.54) is 24.3 Å². The molecular formula is C23H21ClF3NO6S. The highest BCUT2D eigenvalue weighted by Gasteiger charge is 2.25. The van der Waals surface area contributed by atoms with Crippen molar-refractivity contribution >= 4 is 38.3 Å². The van der Waals surface area contributed by atoms with E-state index in [-0.39, 0.29) is 56.4 Å². The first kappa shape index (κ1) is 26.6. The molecule has 0 fully saturated rings. The van der Waals surface area contributed by atoms with E-state index in [1.54, 1.807) is 6.92 Å². The average molecular weight is 532 g/mol. The summed E-state index contributed by atoms with van der Waals surface area (Å²) in [5.74, 6) is -2.04. The minimum absolute atomic E-state index is 0.0109. The number of benzene rings is 2. The fourth-order valence-corrected chi connectivity index (χ4v) is 4.42. The molecular weight excluding hydrogens is 511 g/mol. The maximum absolute atomic E-state index is 14.7. The Hall–Kier alpha value is -3.05. The van der Waals surface area contributed by atoms with Gasteiger partial charge in [0.15, 0.2) is 16.4 Å². The largest absolute Gasteiger partial charge is 0.481 e. The molecule has 3 rings (SSSR count). The molecule has 0 spiro atoms. The molecule has 0 amide bonds. The fraction of sp³-hybridized carbons (Fsp3) is 0.304. The second kappa shape index (κ2) is 10.7. The van der Waals surface area contributed by atoms with Crippen molar-refractivity contribution in [3.05, 3.63) is 58.0 Å². The van der Waals surface area contributed by atoms with Crippen molar-refractivity contribution in [2.45, 2.75) is 31.3 Å². The number of nitrogens with zero attached hydrogens (tertiary/aromatic N) is 1. The monoisotopic (exact) mass is 531 g/mol. The predicted octanol–water partition coefficient (Wildman–Crippen LogP) is 4.74. The Balaban J connectivity index is 2.26. The minimum atomic E-state index is -3.52. The summed E-state index contributed by atoms with van der Waals surface area (Å²) in [6.45, 7) is -2.13. The van der Waals surface area contributed by atoms with E-state index in [9.17, 15) is 26.4 Å². The van der Waals surface area contributed by atoms with Gasteiger partial charge in [0.2, 0.25) is 0 Å². The molecule has 0 aliphatic carbocycles. The zero-order valence-corrected chi connectivity index (χ0v) is 20.5. The van der Waals surface area contributed by atoms with Crippen LogP contribution < -0.4 is 9.47 Å². The van der Waals surface area contributed by atoms with Gasteiger partial charge in [-0.25, -0.2) is 22.6 Å². The van der Waals surface area contributed by atoms with Crippen LogP contribution in [0.25, 0.3) is 10.9 Å². The van der Waals surface area contributed by atoms with Crippen LogP contribution in [0.5, 0.6) is 11.5 Å². The van der Waals surface area contributed by atoms with Gasteiger partial charge < -0.3 is 14.2 Å². The van der Waals surface area contributed by atoms with E-state index < -0.39 is 34.8 Å². The molecule has 0 unspecified atom stereocenters. The van der Waals surface area contributed by atoms with Gasteiger partial charge in [-0.15, -0.1) is 0 Å². The van der Waals surface area contributed by atoms with E-state index in [2.05, 4.69) is 9.72 Å². The molecule has 0 aliphatic heterocycles. The molecule has 0 saturated heterocycles. The Bertz CT molecular complexity index is 1380. The third-order valence-electron chi connectivity index (χ3n) is 5.12. The van der Waals surface area contributed by atoms with Crippen LogP contribution in [0.2, 0.25) is 5.02 Å². The summed E-state index contributed by atoms with van der Waals surface area (Å²) in [4.78, 5) is 15.9. The average Bonchev–Trinajstić information content (AvgIpc) is 2.79. The molecule has 0 radical (unpaired) electrons. The van der Waals surface area contributed by atoms with Crippen LogP contribution in [-0.2, 0) is 32.2 Å². The summed E-state index contributed by atoms with van der Waals surface area (Å²) in [5.41, 5.74) is 0.577. The van der Waals surface area contributed by atoms with Crippen LogP contribution in [0.3, 0.4) is 0 Å². The van der Waals surface area contributed by atoms with Crippen molar-refractivity contribution < 1.29 is 40.6 Å². The van der Waals surface area contributed by atoms with Crippen LogP contribution in [0.1, 0.15) is 23.7 Å². The lowest BCUT2D eigenvalue weighted by Crippen LogP contribution is -2.14. The number of halogens is 4. The van der Waals surface area contributed by atoms with Gasteiger partial charge in [-0.05, 0) is 36.2 Å². The number of ether oxygens (including phenoxy) is 3. The first-order chi connectivity index (χ1) is 16.5. The van der Waals surface area contributed by atoms with Gasteiger partial charge >= 0.3 is 12.6 Å². The van der Waals surface area contributed by atoms with Crippen molar-refractivity contribution in [3.63, 3.8) is 0 Å². The minimum Gasteiger partial charge on any atom is -0.481 e. The Labute approximate surface area is 204 Å². The number of aryl methyl sites for hydroxylation is 1. The van der Waals surface area contributed by atoms with E-state index in [0.717, 1.165) is 19.4 Å². The van der Waals surface area contributed by atoms with Gasteiger partial charge in [-0.2, -0.15) is 8.78 Å². The molecule has 7 nitrogen and oxygen atoms in total. The molecule has 0 atom stereocenters. The zero-order chi connectivity index (χ0) is 25.9. The number of carbonyl (C=O) groups is 1. The van der Waals surface area contributed by atoms with E-state index in [4.69, 9.17) is 21.1 Å². The number of esters is 1. The standard InChI is InChI=1S/C23H21ClF3NO6S/c1-4-17-14(9-12-5-6-13(10-15(12)24)35(3,30)31)22(34-23(26)27)20-18(33-11-19(29)32-2)8-7-16(25)21(20)28-17/h5-8,10,23H,4,9,11H2,1-3H3. The Morgan fingerprint density at radius 3 is 2.49 bits per heavy atom. The van der Waals surface area contributed by atoms with Gasteiger partial charge in [0.05, 0.1) is 17.4 Å². The summed E-state index contributed by atoms with van der Waals surface area (Å²) < 4.78 is 80.2. The van der Waals surface area contributed by atoms with Crippen LogP contribution in [-0.4, -0.2) is 46.0 Å². The third-order valence-corrected chi connectivity index (χ3v) is 6.58. The topological polar surface area (TPSA) is 91.8 Å². The number of rotatable bonds is 9. The van der Waals surface area contributed by atoms with Gasteiger partial charge in [-0.3, -0.25) is 0 Å². The SMILES string of the molecule is CCc1nc2c(F)ccc(OCC(=O)OC)c2c(OC(F)F)c1Cc1ccc(S(C)(=O)=O)cc1Cl. The maximum Gasteiger partial charge on any atom is 0.387 e. The molecule has 12 heteroatoms. The number of alkyl halides is 2. The maximum atomic E-state index is 14.7. The van der Waals surface area contributed by atoms with Crippen LogP contribution in [0, 0.1) is 5.82 Å². The number of aromatic nitrogens is 1. The van der Waals surface area contributed by atoms with Gasteiger partial charge in [0, 0.05) is 29.0 Å². The number of methoxy groups -OCH3 is 1. The van der Waals surface area contributed by atoms with Crippen LogP contribution in [0.15, 0.2) is 35.2 Å². The third kappa shape index (κ3) is 5.96. The van der Waals surface area contributed by atoms with Crippen molar-refractivity contribution in [1.29, 1.82) is 0 Å². The van der Waals surface area contributed by atoms with Crippen molar-refractivity contribution in [2.75, 3.05) is 20.0 Å². The summed E-state index contributed by atoms with van der Waals surface area (Å²) in [5, 5.41) is -0.107. The molecule has 0 bridgehead atoms. The van der Waals surface area contributed by atoms with E-state index in [1.807, 2.05) is 0 Å². The second-order valence-corrected chi connectivity index (χ2v) is 9.86. The highest BCUT2D eigenvalue weighted by molar-refractivity contribution is 7.90. The fourth-order valence-electron chi connectivity index (χ4n) is 3.46. The van der Waals surface area contributed by atoms with E-state index >= 15 is 0 Å². The van der Waals surface area contributed by atoms with Crippen molar-refractivity contribution in [2.24, 2.45) is 0 Å². The summed E-state index contributed by atoms with van der Waals surface area (Å²) in [6.07, 6.45) is 1.18. The molecule has 0 N–H and O–H groups in total. The molecule has 2 aromatic carbocycles. The predicted molar refractivity (Wildman–Crippen MR) is 123 cm³/mol. The lowest BCUT2D eigenvalue weighted by Gasteiger charge is -2.20. The van der Waals surface area contributed by atoms with E-state index in [0.29, 0.717) is 5.56 Å². The number of hydrogen-bond acceptors (Lipinski definition) is 7. The van der Waals surface area contributed by atoms with Gasteiger partial charge in [0.25, 0.3) is 0 Å². The van der Waals surface area contributed by atoms with Crippen molar-refractivity contribution in [1.82, 2.24) is 4.98 Å². The quantitative estimate of drug-likeness (QED) is 0.368. The summed E-state index contributed by atoms with van der Waals surface area (Å²) in [7, 11) is -2.38. The molecule has 1 heterocycles. The molecule has 1 aromatic heterocycles. The lowest BCUT2D eigenvalue weighted by molar-refractivity contribution is -0.142. The number of pyridine rings is 1. The first-order valence-electron chi connectivity index (χ1n) is 10.2. The van der Waals surface area contributed by atoms with Crippen LogP contribution in [0.4, 0.5) is 13.2 Å². The van der Waals surface area contributed by atoms with Crippen molar-refractivity contribution in [3.8, 4) is 11.5 Å². The van der Waals surface area contributed by atoms with Gasteiger partial charge in [-0.1, -0.05) is 24.6 Å². The molecule has 188 valence electrons. The number of carbonyl (C=O) groups excluding carboxylic acids is 1. The highest BCUT2D eigenvalue weighted by Crippen LogP contribution is 2.41. The highest BCUT2D eigenvalue weighted by atomic mass is 35.5. The Morgan fingerprint density at radius 2 is 1.91 bits per heavy atom. The summed E-state index contributed by atoms with van der Waals surface area (Å²) >= 11 is 6.30. The van der Waals surface area contributed by atoms with Crippen LogP contribution >= 0.6 is 11.6 Å². The normalized spacial score (nSPS) is 11.7. The summed E-state index contributed by atoms with van der Waals surface area (Å²) in [6, 6.07) is 6.26. The number of sulfone groups is 1. The zero-order valence-electron chi connectivity index (χ0n) is 18.9. The molecule has 0 saturated carbocycles. The molecule has 0 aliphatic rings. The molecule has 35 heavy (non-hydrogen) atoms. The Kier molecular flexibility index (Phi) is 8.11. The first-order valence-corrected chi connectivity index (χ1v) is 12.5. The molecule has 3 aromatic rings. The smallest absolute Gasteiger partial charge is 0.387 e.